The Morgan fingerprint density at radius 3 is 2.37 bits per heavy atom. The highest BCUT2D eigenvalue weighted by atomic mass is 35.5. The Kier molecular flexibility index (Phi) is 6.87. The fourth-order valence-electron chi connectivity index (χ4n) is 2.86. The van der Waals surface area contributed by atoms with E-state index in [1.54, 1.807) is 49.4 Å². The number of sulfonamides is 1. The molecule has 0 aromatic heterocycles. The van der Waals surface area contributed by atoms with Gasteiger partial charge in [-0.2, -0.15) is 4.72 Å². The summed E-state index contributed by atoms with van der Waals surface area (Å²) in [6.45, 7) is 1.81. The second-order valence-electron chi connectivity index (χ2n) is 6.77. The molecule has 30 heavy (non-hydrogen) atoms. The molecule has 0 fully saturated rings. The molecule has 0 radical (unpaired) electrons. The molecule has 0 spiro atoms. The monoisotopic (exact) mass is 446 g/mol. The predicted octanol–water partition coefficient (Wildman–Crippen LogP) is 4.32. The van der Waals surface area contributed by atoms with Gasteiger partial charge in [-0.05, 0) is 60.9 Å². The van der Waals surface area contributed by atoms with E-state index in [0.717, 1.165) is 35.4 Å². The third-order valence-corrected chi connectivity index (χ3v) is 6.20. The molecule has 5 nitrogen and oxygen atoms in total. The van der Waals surface area contributed by atoms with Crippen LogP contribution in [-0.4, -0.2) is 20.4 Å². The molecule has 0 aliphatic carbocycles. The SMILES string of the molecule is Cc1ccc(Cl)cc1NC(=O)C(Cc1ccccc1)NS(=O)(=O)c1ccc(F)cc1. The van der Waals surface area contributed by atoms with Crippen molar-refractivity contribution in [2.45, 2.75) is 24.3 Å². The summed E-state index contributed by atoms with van der Waals surface area (Å²) in [6.07, 6.45) is 0.132. The van der Waals surface area contributed by atoms with Gasteiger partial charge in [0.05, 0.1) is 4.90 Å². The summed E-state index contributed by atoms with van der Waals surface area (Å²) in [6, 6.07) is 17.4. The third-order valence-electron chi connectivity index (χ3n) is 4.48. The largest absolute Gasteiger partial charge is 0.324 e. The molecule has 3 rings (SSSR count). The molecule has 1 unspecified atom stereocenters. The molecule has 0 aliphatic rings. The minimum atomic E-state index is -4.06. The number of halogens is 2. The van der Waals surface area contributed by atoms with Crippen LogP contribution in [0.15, 0.2) is 77.7 Å². The number of hydrogen-bond donors (Lipinski definition) is 2. The van der Waals surface area contributed by atoms with Crippen molar-refractivity contribution in [3.63, 3.8) is 0 Å². The van der Waals surface area contributed by atoms with Crippen LogP contribution >= 0.6 is 11.6 Å². The fourth-order valence-corrected chi connectivity index (χ4v) is 4.22. The zero-order valence-corrected chi connectivity index (χ0v) is 17.7. The number of anilines is 1. The van der Waals surface area contributed by atoms with Crippen LogP contribution in [0.2, 0.25) is 5.02 Å². The van der Waals surface area contributed by atoms with E-state index in [0.29, 0.717) is 10.7 Å². The van der Waals surface area contributed by atoms with Crippen molar-refractivity contribution in [3.05, 3.63) is 94.8 Å². The minimum Gasteiger partial charge on any atom is -0.324 e. The van der Waals surface area contributed by atoms with E-state index in [9.17, 15) is 17.6 Å². The van der Waals surface area contributed by atoms with Gasteiger partial charge in [0.1, 0.15) is 11.9 Å². The van der Waals surface area contributed by atoms with E-state index in [1.165, 1.54) is 0 Å². The molecule has 0 saturated heterocycles. The van der Waals surface area contributed by atoms with Gasteiger partial charge in [-0.3, -0.25) is 4.79 Å². The van der Waals surface area contributed by atoms with Crippen LogP contribution in [0.3, 0.4) is 0 Å². The van der Waals surface area contributed by atoms with Gasteiger partial charge in [-0.1, -0.05) is 48.0 Å². The van der Waals surface area contributed by atoms with Gasteiger partial charge < -0.3 is 5.32 Å². The average Bonchev–Trinajstić information content (AvgIpc) is 2.71. The molecular formula is C22H20ClFN2O3S. The van der Waals surface area contributed by atoms with Crippen LogP contribution in [0, 0.1) is 12.7 Å². The van der Waals surface area contributed by atoms with Crippen molar-refractivity contribution in [3.8, 4) is 0 Å². The van der Waals surface area contributed by atoms with Crippen molar-refractivity contribution in [2.24, 2.45) is 0 Å². The van der Waals surface area contributed by atoms with E-state index in [-0.39, 0.29) is 11.3 Å². The smallest absolute Gasteiger partial charge is 0.242 e. The van der Waals surface area contributed by atoms with Gasteiger partial charge >= 0.3 is 0 Å². The van der Waals surface area contributed by atoms with Crippen molar-refractivity contribution < 1.29 is 17.6 Å². The summed E-state index contributed by atoms with van der Waals surface area (Å²) in [5.41, 5.74) is 2.06. The number of nitrogens with one attached hydrogen (secondary N) is 2. The van der Waals surface area contributed by atoms with Crippen molar-refractivity contribution in [1.29, 1.82) is 0 Å². The van der Waals surface area contributed by atoms with Crippen molar-refractivity contribution in [1.82, 2.24) is 4.72 Å². The van der Waals surface area contributed by atoms with Crippen molar-refractivity contribution >= 4 is 33.2 Å². The van der Waals surface area contributed by atoms with E-state index < -0.39 is 27.8 Å². The number of benzene rings is 3. The molecule has 3 aromatic carbocycles. The first kappa shape index (κ1) is 22.0. The standard InChI is InChI=1S/C22H20ClFN2O3S/c1-15-7-8-17(23)14-20(15)25-22(27)21(13-16-5-3-2-4-6-16)26-30(28,29)19-11-9-18(24)10-12-19/h2-12,14,21,26H,13H2,1H3,(H,25,27). The van der Waals surface area contributed by atoms with Gasteiger partial charge in [-0.15, -0.1) is 0 Å². The number of amides is 1. The summed E-state index contributed by atoms with van der Waals surface area (Å²) in [5, 5.41) is 3.19. The maximum absolute atomic E-state index is 13.2. The number of rotatable bonds is 7. The highest BCUT2D eigenvalue weighted by Gasteiger charge is 2.26. The van der Waals surface area contributed by atoms with E-state index in [2.05, 4.69) is 10.0 Å². The van der Waals surface area contributed by atoms with E-state index in [4.69, 9.17) is 11.6 Å². The normalized spacial score (nSPS) is 12.4. The van der Waals surface area contributed by atoms with Crippen molar-refractivity contribution in [2.75, 3.05) is 5.32 Å². The average molecular weight is 447 g/mol. The van der Waals surface area contributed by atoms with Gasteiger partial charge in [0, 0.05) is 10.7 Å². The van der Waals surface area contributed by atoms with Crippen LogP contribution in [0.5, 0.6) is 0 Å². The summed E-state index contributed by atoms with van der Waals surface area (Å²) in [7, 11) is -4.06. The third kappa shape index (κ3) is 5.66. The number of carbonyl (C=O) groups excluding carboxylic acids is 1. The first-order valence-corrected chi connectivity index (χ1v) is 11.0. The Hall–Kier alpha value is -2.74. The Morgan fingerprint density at radius 1 is 1.03 bits per heavy atom. The van der Waals surface area contributed by atoms with Gasteiger partial charge in [0.2, 0.25) is 15.9 Å². The first-order valence-electron chi connectivity index (χ1n) is 9.13. The molecule has 1 atom stereocenters. The summed E-state index contributed by atoms with van der Waals surface area (Å²) in [5.74, 6) is -1.08. The molecule has 0 bridgehead atoms. The zero-order chi connectivity index (χ0) is 21.7. The van der Waals surface area contributed by atoms with Gasteiger partial charge in [0.25, 0.3) is 0 Å². The van der Waals surface area contributed by atoms with Crippen LogP contribution < -0.4 is 10.0 Å². The lowest BCUT2D eigenvalue weighted by Crippen LogP contribution is -2.45. The summed E-state index contributed by atoms with van der Waals surface area (Å²) < 4.78 is 41.2. The fraction of sp³-hybridized carbons (Fsp3) is 0.136. The molecule has 0 aliphatic heterocycles. The molecule has 2 N–H and O–H groups in total. The topological polar surface area (TPSA) is 75.3 Å². The lowest BCUT2D eigenvalue weighted by atomic mass is 10.1. The van der Waals surface area contributed by atoms with Crippen LogP contribution in [0.4, 0.5) is 10.1 Å². The molecule has 3 aromatic rings. The molecule has 8 heteroatoms. The Balaban J connectivity index is 1.88. The molecule has 156 valence electrons. The quantitative estimate of drug-likeness (QED) is 0.567. The zero-order valence-electron chi connectivity index (χ0n) is 16.1. The lowest BCUT2D eigenvalue weighted by Gasteiger charge is -2.19. The highest BCUT2D eigenvalue weighted by molar-refractivity contribution is 7.89. The van der Waals surface area contributed by atoms with Crippen LogP contribution in [0.1, 0.15) is 11.1 Å². The van der Waals surface area contributed by atoms with Gasteiger partial charge in [-0.25, -0.2) is 12.8 Å². The predicted molar refractivity (Wildman–Crippen MR) is 115 cm³/mol. The highest BCUT2D eigenvalue weighted by Crippen LogP contribution is 2.21. The molecule has 1 amide bonds. The number of aryl methyl sites for hydroxylation is 1. The summed E-state index contributed by atoms with van der Waals surface area (Å²) in [4.78, 5) is 12.9. The number of carbonyl (C=O) groups is 1. The Labute approximate surface area is 179 Å². The second-order valence-corrected chi connectivity index (χ2v) is 8.92. The first-order chi connectivity index (χ1) is 14.2. The van der Waals surface area contributed by atoms with E-state index >= 15 is 0 Å². The van der Waals surface area contributed by atoms with Crippen LogP contribution in [-0.2, 0) is 21.2 Å². The number of hydrogen-bond acceptors (Lipinski definition) is 3. The van der Waals surface area contributed by atoms with E-state index in [1.807, 2.05) is 6.07 Å². The maximum atomic E-state index is 13.2. The minimum absolute atomic E-state index is 0.131. The summed E-state index contributed by atoms with van der Waals surface area (Å²) >= 11 is 6.02. The van der Waals surface area contributed by atoms with Crippen LogP contribution in [0.25, 0.3) is 0 Å². The lowest BCUT2D eigenvalue weighted by molar-refractivity contribution is -0.117. The Bertz CT molecular complexity index is 1140. The Morgan fingerprint density at radius 2 is 1.70 bits per heavy atom. The second kappa shape index (κ2) is 9.38. The molecule has 0 heterocycles. The molecule has 0 saturated carbocycles. The molecular weight excluding hydrogens is 427 g/mol. The van der Waals surface area contributed by atoms with Gasteiger partial charge in [0.15, 0.2) is 0 Å². The maximum Gasteiger partial charge on any atom is 0.242 e.